The summed E-state index contributed by atoms with van der Waals surface area (Å²) in [6.07, 6.45) is 5.61. The largest absolute Gasteiger partial charge is 0.477 e. The number of nitrogens with one attached hydrogen (secondary N) is 2. The van der Waals surface area contributed by atoms with Gasteiger partial charge in [-0.3, -0.25) is 4.79 Å². The molecule has 2 aromatic heterocycles. The molecule has 29 heavy (non-hydrogen) atoms. The number of anilines is 1. The minimum Gasteiger partial charge on any atom is -0.477 e. The molecule has 2 aliphatic heterocycles. The zero-order valence-electron chi connectivity index (χ0n) is 15.7. The number of Topliss-reactive ketones (excluding diaryl/α,β-unsaturated/α-hetero) is 1. The van der Waals surface area contributed by atoms with Crippen LogP contribution in [0.15, 0.2) is 11.1 Å². The minimum atomic E-state index is -4.17. The molecule has 0 radical (unpaired) electrons. The number of aryl methyl sites for hydroxylation is 1. The number of nitrogens with zero attached hydrogens (tertiary/aromatic N) is 3. The maximum absolute atomic E-state index is 12.7. The summed E-state index contributed by atoms with van der Waals surface area (Å²) < 4.78 is 36.4. The second-order valence-electron chi connectivity index (χ2n) is 7.47. The molecule has 0 saturated heterocycles. The summed E-state index contributed by atoms with van der Waals surface area (Å²) in [5.74, 6) is 0.124. The molecule has 5 rings (SSSR count). The average Bonchev–Trinajstić information content (AvgIpc) is 3.38. The number of amides is 2. The van der Waals surface area contributed by atoms with E-state index in [0.29, 0.717) is 30.8 Å². The zero-order chi connectivity index (χ0) is 20.2. The Morgan fingerprint density at radius 3 is 2.79 bits per heavy atom. The van der Waals surface area contributed by atoms with Crippen LogP contribution in [-0.4, -0.2) is 41.2 Å². The van der Waals surface area contributed by atoms with Gasteiger partial charge in [0.25, 0.3) is 10.0 Å². The predicted octanol–water partition coefficient (Wildman–Crippen LogP) is 1.44. The van der Waals surface area contributed by atoms with Crippen LogP contribution in [0.5, 0.6) is 5.88 Å². The van der Waals surface area contributed by atoms with Crippen molar-refractivity contribution in [2.75, 3.05) is 11.9 Å². The fraction of sp³-hybridized carbons (Fsp3) is 0.500. The Morgan fingerprint density at radius 2 is 1.93 bits per heavy atom. The van der Waals surface area contributed by atoms with E-state index in [9.17, 15) is 18.0 Å². The zero-order valence-corrected chi connectivity index (χ0v) is 16.5. The van der Waals surface area contributed by atoms with Gasteiger partial charge in [0.1, 0.15) is 0 Å². The van der Waals surface area contributed by atoms with Crippen LogP contribution in [0.1, 0.15) is 47.4 Å². The van der Waals surface area contributed by atoms with Gasteiger partial charge in [-0.05, 0) is 25.7 Å². The number of aromatic nitrogens is 3. The first-order chi connectivity index (χ1) is 14.0. The summed E-state index contributed by atoms with van der Waals surface area (Å²) >= 11 is 0. The first-order valence-electron chi connectivity index (χ1n) is 9.75. The second kappa shape index (κ2) is 6.61. The molecule has 4 heterocycles. The molecule has 0 spiro atoms. The number of fused-ring (bicyclic) bond motifs is 4. The molecule has 0 bridgehead atoms. The lowest BCUT2D eigenvalue weighted by Gasteiger charge is -2.16. The molecule has 154 valence electrons. The highest BCUT2D eigenvalue weighted by Gasteiger charge is 2.33. The van der Waals surface area contributed by atoms with E-state index in [2.05, 4.69) is 15.0 Å². The molecule has 0 atom stereocenters. The van der Waals surface area contributed by atoms with E-state index < -0.39 is 16.1 Å². The molecule has 2 N–H and O–H groups in total. The summed E-state index contributed by atoms with van der Waals surface area (Å²) in [6, 6.07) is -0.901. The SMILES string of the molecule is O=C(Nc1c2c(n3c1CCC3)CCCC2=O)NS(=O)(=O)c1cnn2c1OCCC2. The number of ether oxygens (including phenoxy) is 1. The van der Waals surface area contributed by atoms with Gasteiger partial charge in [0.2, 0.25) is 5.88 Å². The summed E-state index contributed by atoms with van der Waals surface area (Å²) in [7, 11) is -4.17. The Hall–Kier alpha value is -2.82. The normalized spacial score (nSPS) is 17.9. The summed E-state index contributed by atoms with van der Waals surface area (Å²) in [5.41, 5.74) is 2.82. The monoisotopic (exact) mass is 419 g/mol. The molecule has 0 saturated carbocycles. The van der Waals surface area contributed by atoms with Crippen LogP contribution in [0, 0.1) is 0 Å². The fourth-order valence-electron chi connectivity index (χ4n) is 4.44. The molecule has 0 aromatic carbocycles. The van der Waals surface area contributed by atoms with Crippen LogP contribution in [0.2, 0.25) is 0 Å². The highest BCUT2D eigenvalue weighted by atomic mass is 32.2. The summed E-state index contributed by atoms with van der Waals surface area (Å²) in [5, 5.41) is 6.65. The number of rotatable bonds is 3. The quantitative estimate of drug-likeness (QED) is 0.776. The lowest BCUT2D eigenvalue weighted by molar-refractivity contribution is 0.0972. The molecule has 0 fully saturated rings. The highest BCUT2D eigenvalue weighted by Crippen LogP contribution is 2.38. The van der Waals surface area contributed by atoms with Crippen molar-refractivity contribution in [2.45, 2.75) is 56.5 Å². The van der Waals surface area contributed by atoms with E-state index in [-0.39, 0.29) is 16.6 Å². The van der Waals surface area contributed by atoms with Gasteiger partial charge in [0.05, 0.1) is 24.1 Å². The Morgan fingerprint density at radius 1 is 1.10 bits per heavy atom. The van der Waals surface area contributed by atoms with Crippen molar-refractivity contribution in [3.8, 4) is 5.88 Å². The van der Waals surface area contributed by atoms with Crippen LogP contribution in [0.3, 0.4) is 0 Å². The van der Waals surface area contributed by atoms with Gasteiger partial charge >= 0.3 is 6.03 Å². The summed E-state index contributed by atoms with van der Waals surface area (Å²) in [6.45, 7) is 1.76. The fourth-order valence-corrected chi connectivity index (χ4v) is 5.42. The molecule has 11 heteroatoms. The number of urea groups is 1. The molecular weight excluding hydrogens is 398 g/mol. The van der Waals surface area contributed by atoms with Gasteiger partial charge in [0, 0.05) is 37.3 Å². The average molecular weight is 419 g/mol. The maximum Gasteiger partial charge on any atom is 0.333 e. The molecule has 1 aliphatic carbocycles. The third kappa shape index (κ3) is 2.91. The van der Waals surface area contributed by atoms with E-state index in [1.165, 1.54) is 10.9 Å². The third-order valence-corrected chi connectivity index (χ3v) is 6.95. The lowest BCUT2D eigenvalue weighted by Crippen LogP contribution is -2.35. The second-order valence-corrected chi connectivity index (χ2v) is 9.12. The van der Waals surface area contributed by atoms with Crippen molar-refractivity contribution >= 4 is 27.5 Å². The van der Waals surface area contributed by atoms with Crippen LogP contribution in [0.25, 0.3) is 0 Å². The van der Waals surface area contributed by atoms with Gasteiger partial charge in [-0.1, -0.05) is 0 Å². The first kappa shape index (κ1) is 18.2. The number of hydrogen-bond donors (Lipinski definition) is 2. The summed E-state index contributed by atoms with van der Waals surface area (Å²) in [4.78, 5) is 24.9. The van der Waals surface area contributed by atoms with Crippen LogP contribution in [0.4, 0.5) is 10.5 Å². The van der Waals surface area contributed by atoms with Crippen LogP contribution >= 0.6 is 0 Å². The Kier molecular flexibility index (Phi) is 4.16. The van der Waals surface area contributed by atoms with Gasteiger partial charge in [-0.15, -0.1) is 0 Å². The number of carbonyl (C=O) groups is 2. The standard InChI is InChI=1S/C18H21N5O5S/c24-13-6-1-4-11-15(13)16(12-5-2-7-22(11)12)20-18(25)21-29(26,27)14-10-19-23-8-3-9-28-17(14)23/h10H,1-9H2,(H2,20,21,25). The molecule has 2 amide bonds. The van der Waals surface area contributed by atoms with E-state index >= 15 is 0 Å². The van der Waals surface area contributed by atoms with Gasteiger partial charge < -0.3 is 14.6 Å². The molecular formula is C18H21N5O5S. The van der Waals surface area contributed by atoms with Crippen molar-refractivity contribution in [3.63, 3.8) is 0 Å². The lowest BCUT2D eigenvalue weighted by atomic mass is 9.94. The van der Waals surface area contributed by atoms with Crippen molar-refractivity contribution < 1.29 is 22.7 Å². The minimum absolute atomic E-state index is 0.00888. The molecule has 3 aliphatic rings. The molecule has 10 nitrogen and oxygen atoms in total. The van der Waals surface area contributed by atoms with Gasteiger partial charge in [-0.25, -0.2) is 22.6 Å². The third-order valence-electron chi connectivity index (χ3n) is 5.64. The topological polar surface area (TPSA) is 124 Å². The van der Waals surface area contributed by atoms with Crippen LogP contribution < -0.4 is 14.8 Å². The number of carbonyl (C=O) groups excluding carboxylic acids is 2. The number of hydrogen-bond acceptors (Lipinski definition) is 6. The number of sulfonamides is 1. The predicted molar refractivity (Wildman–Crippen MR) is 102 cm³/mol. The van der Waals surface area contributed by atoms with Crippen LogP contribution in [-0.2, 0) is 36.0 Å². The number of ketones is 1. The Bertz CT molecular complexity index is 1130. The van der Waals surface area contributed by atoms with E-state index in [1.807, 2.05) is 4.72 Å². The van der Waals surface area contributed by atoms with Crippen molar-refractivity contribution in [1.82, 2.24) is 19.1 Å². The van der Waals surface area contributed by atoms with Crippen molar-refractivity contribution in [2.24, 2.45) is 0 Å². The maximum atomic E-state index is 12.7. The van der Waals surface area contributed by atoms with E-state index in [4.69, 9.17) is 4.74 Å². The molecule has 0 unspecified atom stereocenters. The molecule has 2 aromatic rings. The first-order valence-corrected chi connectivity index (χ1v) is 11.2. The highest BCUT2D eigenvalue weighted by molar-refractivity contribution is 7.90. The van der Waals surface area contributed by atoms with Crippen molar-refractivity contribution in [1.29, 1.82) is 0 Å². The Balaban J connectivity index is 1.42. The van der Waals surface area contributed by atoms with E-state index in [0.717, 1.165) is 50.0 Å². The van der Waals surface area contributed by atoms with Gasteiger partial charge in [0.15, 0.2) is 10.7 Å². The van der Waals surface area contributed by atoms with Gasteiger partial charge in [-0.2, -0.15) is 5.10 Å². The van der Waals surface area contributed by atoms with E-state index in [1.54, 1.807) is 0 Å². The Labute approximate surface area is 167 Å². The smallest absolute Gasteiger partial charge is 0.333 e. The van der Waals surface area contributed by atoms with Crippen molar-refractivity contribution in [3.05, 3.63) is 23.1 Å².